The monoisotopic (exact) mass is 639 g/mol. The van der Waals surface area contributed by atoms with Crippen LogP contribution in [0.25, 0.3) is 97.5 Å². The summed E-state index contributed by atoms with van der Waals surface area (Å²) in [6.45, 7) is 0. The molecule has 226 valence electrons. The lowest BCUT2D eigenvalue weighted by atomic mass is 9.91. The fourth-order valence-corrected chi connectivity index (χ4v) is 8.58. The molecule has 0 radical (unpaired) electrons. The summed E-state index contributed by atoms with van der Waals surface area (Å²) in [4.78, 5) is 10.4. The van der Waals surface area contributed by atoms with Gasteiger partial charge in [0.2, 0.25) is 0 Å². The van der Waals surface area contributed by atoms with E-state index in [9.17, 15) is 5.26 Å². The first-order valence-electron chi connectivity index (χ1n) is 16.3. The Kier molecular flexibility index (Phi) is 6.11. The Morgan fingerprint density at radius 1 is 0.408 bits per heavy atom. The number of nitrogens with zero attached hydrogens (tertiary/aromatic N) is 3. The fourth-order valence-electron chi connectivity index (χ4n) is 7.38. The van der Waals surface area contributed by atoms with Crippen LogP contribution < -0.4 is 0 Å². The normalized spacial score (nSPS) is 11.7. The minimum Gasteiger partial charge on any atom is -0.244 e. The van der Waals surface area contributed by atoms with E-state index in [1.54, 1.807) is 0 Å². The molecule has 4 heteroatoms. The van der Waals surface area contributed by atoms with Gasteiger partial charge in [0.15, 0.2) is 0 Å². The van der Waals surface area contributed by atoms with E-state index < -0.39 is 0 Å². The lowest BCUT2D eigenvalue weighted by molar-refractivity contribution is 1.29. The first-order valence-corrected chi connectivity index (χ1v) is 17.1. The summed E-state index contributed by atoms with van der Waals surface area (Å²) in [6, 6.07) is 55.3. The van der Waals surface area contributed by atoms with Gasteiger partial charge in [-0.3, -0.25) is 0 Å². The maximum absolute atomic E-state index is 10.3. The van der Waals surface area contributed by atoms with Gasteiger partial charge in [0.1, 0.15) is 0 Å². The molecular weight excluding hydrogens is 615 g/mol. The van der Waals surface area contributed by atoms with Crippen molar-refractivity contribution >= 4 is 64.1 Å². The predicted octanol–water partition coefficient (Wildman–Crippen LogP) is 12.3. The van der Waals surface area contributed by atoms with Crippen molar-refractivity contribution in [2.24, 2.45) is 0 Å². The summed E-state index contributed by atoms with van der Waals surface area (Å²) in [5.41, 5.74) is 9.90. The van der Waals surface area contributed by atoms with Crippen molar-refractivity contribution in [2.75, 3.05) is 0 Å². The molecule has 8 aromatic carbocycles. The van der Waals surface area contributed by atoms with E-state index in [0.717, 1.165) is 55.8 Å². The number of hydrogen-bond donors (Lipinski definition) is 0. The van der Waals surface area contributed by atoms with E-state index in [1.807, 2.05) is 53.8 Å². The van der Waals surface area contributed by atoms with Crippen LogP contribution >= 0.6 is 11.3 Å². The zero-order valence-corrected chi connectivity index (χ0v) is 27.0. The van der Waals surface area contributed by atoms with Crippen LogP contribution in [0.3, 0.4) is 0 Å². The summed E-state index contributed by atoms with van der Waals surface area (Å²) in [6.07, 6.45) is 0. The number of rotatable bonds is 4. The highest BCUT2D eigenvalue weighted by molar-refractivity contribution is 7.26. The molecule has 2 heterocycles. The molecule has 2 aromatic heterocycles. The van der Waals surface area contributed by atoms with Gasteiger partial charge in [-0.2, -0.15) is 5.26 Å². The van der Waals surface area contributed by atoms with E-state index >= 15 is 0 Å². The lowest BCUT2D eigenvalue weighted by Gasteiger charge is -2.14. The minimum absolute atomic E-state index is 0.583. The van der Waals surface area contributed by atoms with Crippen molar-refractivity contribution in [3.05, 3.63) is 157 Å². The van der Waals surface area contributed by atoms with Crippen molar-refractivity contribution in [1.82, 2.24) is 9.97 Å². The van der Waals surface area contributed by atoms with Crippen molar-refractivity contribution in [3.63, 3.8) is 0 Å². The maximum atomic E-state index is 10.3. The largest absolute Gasteiger partial charge is 0.244 e. The predicted molar refractivity (Wildman–Crippen MR) is 205 cm³/mol. The van der Waals surface area contributed by atoms with Gasteiger partial charge in [0.05, 0.1) is 34.1 Å². The smallest absolute Gasteiger partial charge is 0.0992 e. The van der Waals surface area contributed by atoms with Crippen molar-refractivity contribution in [1.29, 1.82) is 5.26 Å². The number of benzene rings is 8. The molecule has 0 aliphatic heterocycles. The Bertz CT molecular complexity index is 2950. The molecule has 0 aliphatic rings. The Labute approximate surface area is 286 Å². The average Bonchev–Trinajstić information content (AvgIpc) is 3.56. The van der Waals surface area contributed by atoms with E-state index in [0.29, 0.717) is 5.56 Å². The molecular formula is C45H25N3S. The molecule has 0 amide bonds. The molecule has 49 heavy (non-hydrogen) atoms. The first-order chi connectivity index (χ1) is 24.2. The van der Waals surface area contributed by atoms with Gasteiger partial charge in [-0.1, -0.05) is 97.1 Å². The third-order valence-corrected chi connectivity index (χ3v) is 10.7. The lowest BCUT2D eigenvalue weighted by Crippen LogP contribution is -1.97. The van der Waals surface area contributed by atoms with Crippen LogP contribution in [0.2, 0.25) is 0 Å². The summed E-state index contributed by atoms with van der Waals surface area (Å²) >= 11 is 1.83. The SMILES string of the molecule is N#Cc1cc(-c2cc3sc4cccc5c6ccccc6c(c2)c3c45)cc(-c2nc3ccccc3nc2-c2cccc(-c3ccccc3)c2)c1. The van der Waals surface area contributed by atoms with Gasteiger partial charge >= 0.3 is 0 Å². The molecule has 0 N–H and O–H groups in total. The molecule has 0 aliphatic carbocycles. The maximum Gasteiger partial charge on any atom is 0.0992 e. The number of hydrogen-bond acceptors (Lipinski definition) is 4. The van der Waals surface area contributed by atoms with Gasteiger partial charge < -0.3 is 0 Å². The second-order valence-electron chi connectivity index (χ2n) is 12.5. The van der Waals surface area contributed by atoms with Crippen LogP contribution in [0.5, 0.6) is 0 Å². The second kappa shape index (κ2) is 10.8. The third kappa shape index (κ3) is 4.41. The fraction of sp³-hybridized carbons (Fsp3) is 0. The summed E-state index contributed by atoms with van der Waals surface area (Å²) in [5.74, 6) is 0. The van der Waals surface area contributed by atoms with Gasteiger partial charge in [-0.05, 0) is 98.4 Å². The number of para-hydroxylation sites is 2. The quantitative estimate of drug-likeness (QED) is 0.180. The second-order valence-corrected chi connectivity index (χ2v) is 13.6. The Morgan fingerprint density at radius 2 is 0.980 bits per heavy atom. The van der Waals surface area contributed by atoms with Crippen LogP contribution in [-0.2, 0) is 0 Å². The molecule has 0 saturated carbocycles. The molecule has 3 nitrogen and oxygen atoms in total. The van der Waals surface area contributed by atoms with Gasteiger partial charge in [-0.15, -0.1) is 11.3 Å². The van der Waals surface area contributed by atoms with Gasteiger partial charge in [0.25, 0.3) is 0 Å². The highest BCUT2D eigenvalue weighted by atomic mass is 32.1. The summed E-state index contributed by atoms with van der Waals surface area (Å²) < 4.78 is 2.54. The van der Waals surface area contributed by atoms with Crippen LogP contribution in [0.15, 0.2) is 152 Å². The third-order valence-electron chi connectivity index (χ3n) is 9.59. The first kappa shape index (κ1) is 27.7. The minimum atomic E-state index is 0.583. The standard InChI is InChI=1S/C45H25N3S/c46-26-27-20-31(32-24-37-35-15-5-4-14-34(35)36-16-9-19-40-42(36)43(37)41(25-32)49-40)23-33(21-27)45-44(47-38-17-6-7-18-39(38)48-45)30-13-8-12-29(22-30)28-10-2-1-3-11-28/h1-25H. The van der Waals surface area contributed by atoms with Crippen molar-refractivity contribution < 1.29 is 0 Å². The van der Waals surface area contributed by atoms with E-state index in [4.69, 9.17) is 9.97 Å². The number of thiophene rings is 1. The van der Waals surface area contributed by atoms with Crippen LogP contribution in [0.1, 0.15) is 5.56 Å². The molecule has 0 fully saturated rings. The zero-order valence-electron chi connectivity index (χ0n) is 26.2. The molecule has 0 unspecified atom stereocenters. The van der Waals surface area contributed by atoms with Crippen LogP contribution in [0, 0.1) is 11.3 Å². The number of fused-ring (bicyclic) bond motifs is 4. The van der Waals surface area contributed by atoms with E-state index in [1.165, 1.54) is 41.7 Å². The highest BCUT2D eigenvalue weighted by Gasteiger charge is 2.19. The number of nitriles is 1. The molecule has 0 saturated heterocycles. The average molecular weight is 640 g/mol. The van der Waals surface area contributed by atoms with Crippen LogP contribution in [0.4, 0.5) is 0 Å². The molecule has 0 spiro atoms. The topological polar surface area (TPSA) is 49.6 Å². The molecule has 0 bridgehead atoms. The summed E-state index contributed by atoms with van der Waals surface area (Å²) in [5, 5.41) is 18.0. The van der Waals surface area contributed by atoms with Crippen molar-refractivity contribution in [3.8, 4) is 50.8 Å². The van der Waals surface area contributed by atoms with Gasteiger partial charge in [-0.25, -0.2) is 9.97 Å². The van der Waals surface area contributed by atoms with E-state index in [2.05, 4.69) is 115 Å². The molecule has 10 rings (SSSR count). The molecule has 10 aromatic rings. The Morgan fingerprint density at radius 3 is 1.78 bits per heavy atom. The highest BCUT2D eigenvalue weighted by Crippen LogP contribution is 2.47. The van der Waals surface area contributed by atoms with E-state index in [-0.39, 0.29) is 0 Å². The molecule has 0 atom stereocenters. The Hall–Kier alpha value is -6.41. The van der Waals surface area contributed by atoms with Crippen molar-refractivity contribution in [2.45, 2.75) is 0 Å². The zero-order chi connectivity index (χ0) is 32.5. The number of aromatic nitrogens is 2. The van der Waals surface area contributed by atoms with Gasteiger partial charge in [0, 0.05) is 31.3 Å². The Balaban J connectivity index is 1.22. The summed E-state index contributed by atoms with van der Waals surface area (Å²) in [7, 11) is 0. The van der Waals surface area contributed by atoms with Crippen LogP contribution in [-0.4, -0.2) is 9.97 Å².